The Kier molecular flexibility index (Phi) is 5.07. The van der Waals surface area contributed by atoms with Gasteiger partial charge in [0.2, 0.25) is 5.82 Å². The maximum Gasteiger partial charge on any atom is 0.292 e. The van der Waals surface area contributed by atoms with Crippen LogP contribution in [0.5, 0.6) is 0 Å². The molecule has 29 heavy (non-hydrogen) atoms. The molecule has 4 aromatic rings. The summed E-state index contributed by atoms with van der Waals surface area (Å²) in [5.74, 6) is -0.461. The number of anilines is 2. The van der Waals surface area contributed by atoms with Crippen molar-refractivity contribution in [3.05, 3.63) is 96.6 Å². The zero-order valence-electron chi connectivity index (χ0n) is 15.9. The number of rotatable bonds is 5. The summed E-state index contributed by atoms with van der Waals surface area (Å²) >= 11 is 0. The molecule has 2 amide bonds. The second kappa shape index (κ2) is 7.98. The van der Waals surface area contributed by atoms with E-state index in [4.69, 9.17) is 0 Å². The molecule has 0 fully saturated rings. The van der Waals surface area contributed by atoms with Crippen LogP contribution in [0.3, 0.4) is 0 Å². The molecule has 144 valence electrons. The lowest BCUT2D eigenvalue weighted by molar-refractivity contribution is 0.0985. The van der Waals surface area contributed by atoms with Gasteiger partial charge >= 0.3 is 0 Å². The summed E-state index contributed by atoms with van der Waals surface area (Å²) in [6, 6.07) is 24.0. The zero-order valence-corrected chi connectivity index (χ0v) is 15.9. The van der Waals surface area contributed by atoms with E-state index in [0.29, 0.717) is 17.7 Å². The average molecular weight is 384 g/mol. The van der Waals surface area contributed by atoms with E-state index < -0.39 is 0 Å². The topological polar surface area (TPSA) is 66.7 Å². The number of benzene rings is 2. The van der Waals surface area contributed by atoms with Crippen molar-refractivity contribution in [1.82, 2.24) is 9.38 Å². The number of imidazole rings is 1. The number of hydrogen-bond donors (Lipinski definition) is 1. The highest BCUT2D eigenvalue weighted by atomic mass is 16.2. The Morgan fingerprint density at radius 2 is 1.59 bits per heavy atom. The Morgan fingerprint density at radius 1 is 0.931 bits per heavy atom. The fourth-order valence-electron chi connectivity index (χ4n) is 3.24. The lowest BCUT2D eigenvalue weighted by Crippen LogP contribution is -2.31. The molecule has 0 unspecified atom stereocenters. The molecule has 0 aliphatic carbocycles. The molecule has 2 heterocycles. The highest BCUT2D eigenvalue weighted by molar-refractivity contribution is 6.11. The van der Waals surface area contributed by atoms with E-state index in [2.05, 4.69) is 10.3 Å². The van der Waals surface area contributed by atoms with E-state index in [1.165, 1.54) is 0 Å². The van der Waals surface area contributed by atoms with Crippen molar-refractivity contribution in [2.24, 2.45) is 0 Å². The molecule has 0 bridgehead atoms. The third kappa shape index (κ3) is 3.60. The predicted octanol–water partition coefficient (Wildman–Crippen LogP) is 4.25. The normalized spacial score (nSPS) is 10.7. The molecule has 0 spiro atoms. The maximum absolute atomic E-state index is 13.3. The summed E-state index contributed by atoms with van der Waals surface area (Å²) < 4.78 is 1.64. The molecular weight excluding hydrogens is 364 g/mol. The molecule has 0 atom stereocenters. The number of para-hydroxylation sites is 2. The van der Waals surface area contributed by atoms with E-state index in [0.717, 1.165) is 5.69 Å². The Morgan fingerprint density at radius 3 is 2.28 bits per heavy atom. The predicted molar refractivity (Wildman–Crippen MR) is 113 cm³/mol. The Bertz CT molecular complexity index is 1150. The van der Waals surface area contributed by atoms with Crippen LogP contribution in [-0.2, 0) is 0 Å². The first-order valence-electron chi connectivity index (χ1n) is 9.39. The van der Waals surface area contributed by atoms with Gasteiger partial charge < -0.3 is 10.2 Å². The van der Waals surface area contributed by atoms with Crippen molar-refractivity contribution in [3.8, 4) is 0 Å². The van der Waals surface area contributed by atoms with Crippen molar-refractivity contribution in [1.29, 1.82) is 0 Å². The molecule has 1 N–H and O–H groups in total. The standard InChI is InChI=1S/C23H20N4O2/c1-2-26(18-13-7-4-8-14-18)23(29)20-19-15-9-10-16-27(19)21(25-20)22(28)24-17-11-5-3-6-12-17/h3-16H,2H2,1H3,(H,24,28). The van der Waals surface area contributed by atoms with Crippen LogP contribution in [0.4, 0.5) is 11.4 Å². The summed E-state index contributed by atoms with van der Waals surface area (Å²) in [4.78, 5) is 32.2. The van der Waals surface area contributed by atoms with Crippen LogP contribution in [-0.4, -0.2) is 27.7 Å². The first-order chi connectivity index (χ1) is 14.2. The highest BCUT2D eigenvalue weighted by Gasteiger charge is 2.25. The molecule has 6 nitrogen and oxygen atoms in total. The summed E-state index contributed by atoms with van der Waals surface area (Å²) in [5, 5.41) is 2.83. The summed E-state index contributed by atoms with van der Waals surface area (Å²) in [7, 11) is 0. The van der Waals surface area contributed by atoms with Gasteiger partial charge in [-0.1, -0.05) is 42.5 Å². The van der Waals surface area contributed by atoms with Gasteiger partial charge in [-0.3, -0.25) is 14.0 Å². The molecule has 0 saturated heterocycles. The highest BCUT2D eigenvalue weighted by Crippen LogP contribution is 2.21. The van der Waals surface area contributed by atoms with Gasteiger partial charge in [-0.25, -0.2) is 4.98 Å². The molecule has 0 radical (unpaired) electrons. The number of fused-ring (bicyclic) bond motifs is 1. The lowest BCUT2D eigenvalue weighted by Gasteiger charge is -2.20. The number of carbonyl (C=O) groups is 2. The van der Waals surface area contributed by atoms with Crippen molar-refractivity contribution >= 4 is 28.7 Å². The van der Waals surface area contributed by atoms with E-state index in [9.17, 15) is 9.59 Å². The molecule has 6 heteroatoms. The number of carbonyl (C=O) groups excluding carboxylic acids is 2. The van der Waals surface area contributed by atoms with Crippen LogP contribution in [0, 0.1) is 0 Å². The monoisotopic (exact) mass is 384 g/mol. The van der Waals surface area contributed by atoms with Crippen molar-refractivity contribution in [2.75, 3.05) is 16.8 Å². The molecule has 4 rings (SSSR count). The fraction of sp³-hybridized carbons (Fsp3) is 0.0870. The first kappa shape index (κ1) is 18.4. The number of nitrogens with zero attached hydrogens (tertiary/aromatic N) is 3. The maximum atomic E-state index is 13.3. The van der Waals surface area contributed by atoms with Gasteiger partial charge in [0.15, 0.2) is 5.69 Å². The lowest BCUT2D eigenvalue weighted by atomic mass is 10.2. The van der Waals surface area contributed by atoms with Crippen molar-refractivity contribution in [2.45, 2.75) is 6.92 Å². The molecular formula is C23H20N4O2. The molecule has 0 aliphatic rings. The van der Waals surface area contributed by atoms with E-state index in [-0.39, 0.29) is 23.3 Å². The largest absolute Gasteiger partial charge is 0.319 e. The van der Waals surface area contributed by atoms with Crippen molar-refractivity contribution in [3.63, 3.8) is 0 Å². The van der Waals surface area contributed by atoms with Crippen LogP contribution >= 0.6 is 0 Å². The molecule has 0 saturated carbocycles. The van der Waals surface area contributed by atoms with Crippen molar-refractivity contribution < 1.29 is 9.59 Å². The summed E-state index contributed by atoms with van der Waals surface area (Å²) in [6.07, 6.45) is 1.73. The minimum Gasteiger partial charge on any atom is -0.319 e. The van der Waals surface area contributed by atoms with Gasteiger partial charge in [-0.05, 0) is 43.3 Å². The van der Waals surface area contributed by atoms with Gasteiger partial charge in [0, 0.05) is 24.1 Å². The molecule has 0 aliphatic heterocycles. The van der Waals surface area contributed by atoms with E-state index >= 15 is 0 Å². The second-order valence-corrected chi connectivity index (χ2v) is 6.45. The first-order valence-corrected chi connectivity index (χ1v) is 9.39. The third-order valence-electron chi connectivity index (χ3n) is 4.61. The smallest absolute Gasteiger partial charge is 0.292 e. The number of amides is 2. The van der Waals surface area contributed by atoms with Crippen LogP contribution in [0.2, 0.25) is 0 Å². The SMILES string of the molecule is CCN(C(=O)c1nc(C(=O)Nc2ccccc2)n2ccccc12)c1ccccc1. The quantitative estimate of drug-likeness (QED) is 0.559. The Labute approximate surface area is 168 Å². The second-order valence-electron chi connectivity index (χ2n) is 6.45. The number of pyridine rings is 1. The van der Waals surface area contributed by atoms with Gasteiger partial charge in [0.25, 0.3) is 11.8 Å². The van der Waals surface area contributed by atoms with Crippen LogP contribution < -0.4 is 10.2 Å². The van der Waals surface area contributed by atoms with E-state index in [1.54, 1.807) is 39.8 Å². The minimum atomic E-state index is -0.376. The average Bonchev–Trinajstić information content (AvgIpc) is 3.16. The molecule has 2 aromatic carbocycles. The number of nitrogens with one attached hydrogen (secondary N) is 1. The van der Waals surface area contributed by atoms with Crippen LogP contribution in [0.25, 0.3) is 5.52 Å². The van der Waals surface area contributed by atoms with Gasteiger partial charge in [-0.15, -0.1) is 0 Å². The summed E-state index contributed by atoms with van der Waals surface area (Å²) in [6.45, 7) is 2.40. The minimum absolute atomic E-state index is 0.164. The van der Waals surface area contributed by atoms with Crippen LogP contribution in [0.1, 0.15) is 28.0 Å². The Hall–Kier alpha value is -3.93. The fourth-order valence-corrected chi connectivity index (χ4v) is 3.24. The van der Waals surface area contributed by atoms with Crippen LogP contribution in [0.15, 0.2) is 85.1 Å². The Balaban J connectivity index is 1.74. The van der Waals surface area contributed by atoms with E-state index in [1.807, 2.05) is 61.5 Å². The summed E-state index contributed by atoms with van der Waals surface area (Å²) in [5.41, 5.74) is 2.28. The molecule has 2 aromatic heterocycles. The third-order valence-corrected chi connectivity index (χ3v) is 4.61. The number of hydrogen-bond acceptors (Lipinski definition) is 3. The zero-order chi connectivity index (χ0) is 20.2. The van der Waals surface area contributed by atoms with Gasteiger partial charge in [0.1, 0.15) is 0 Å². The number of aromatic nitrogens is 2. The van der Waals surface area contributed by atoms with Gasteiger partial charge in [0.05, 0.1) is 5.52 Å². The van der Waals surface area contributed by atoms with Gasteiger partial charge in [-0.2, -0.15) is 0 Å².